The number of hydrogen-bond donors (Lipinski definition) is 4. The maximum absolute atomic E-state index is 12.8. The predicted octanol–water partition coefficient (Wildman–Crippen LogP) is 0.925. The van der Waals surface area contributed by atoms with Crippen molar-refractivity contribution in [1.82, 2.24) is 24.6 Å². The molecule has 4 heterocycles. The molecule has 1 saturated heterocycles. The molecule has 0 saturated carbocycles. The van der Waals surface area contributed by atoms with Crippen LogP contribution in [-0.2, 0) is 14.4 Å². The second-order valence-electron chi connectivity index (χ2n) is 6.66. The Kier molecular flexibility index (Phi) is 5.99. The molecule has 5 N–H and O–H groups in total. The maximum atomic E-state index is 12.8. The summed E-state index contributed by atoms with van der Waals surface area (Å²) >= 11 is 8.09. The number of carbonyl (C=O) groups excluding carboxylic acids is 2. The van der Waals surface area contributed by atoms with Gasteiger partial charge in [-0.2, -0.15) is 9.36 Å². The van der Waals surface area contributed by atoms with Gasteiger partial charge in [0, 0.05) is 33.7 Å². The number of aromatic nitrogens is 3. The van der Waals surface area contributed by atoms with Crippen molar-refractivity contribution in [1.29, 1.82) is 0 Å². The number of aliphatic carboxylic acids is 1. The van der Waals surface area contributed by atoms with Gasteiger partial charge in [0.2, 0.25) is 11.5 Å². The van der Waals surface area contributed by atoms with Crippen LogP contribution < -0.4 is 11.1 Å². The van der Waals surface area contributed by atoms with Crippen molar-refractivity contribution in [2.75, 3.05) is 5.73 Å². The lowest BCUT2D eigenvalue weighted by atomic mass is 9.86. The Morgan fingerprint density at radius 2 is 2.22 bits per heavy atom. The van der Waals surface area contributed by atoms with Gasteiger partial charge >= 0.3 is 5.97 Å². The highest BCUT2D eigenvalue weighted by Crippen LogP contribution is 2.44. The van der Waals surface area contributed by atoms with Crippen LogP contribution in [0.15, 0.2) is 39.1 Å². The van der Waals surface area contributed by atoms with Gasteiger partial charge in [0.15, 0.2) is 5.13 Å². The van der Waals surface area contributed by atoms with E-state index in [-0.39, 0.29) is 16.7 Å². The number of thioether (sulfide) groups is 1. The van der Waals surface area contributed by atoms with Gasteiger partial charge in [-0.1, -0.05) is 28.5 Å². The minimum absolute atomic E-state index is 0.0719. The molecule has 1 fully saturated rings. The third-order valence-corrected chi connectivity index (χ3v) is 6.99. The van der Waals surface area contributed by atoms with E-state index in [9.17, 15) is 24.7 Å². The molecule has 2 aliphatic heterocycles. The Morgan fingerprint density at radius 1 is 1.44 bits per heavy atom. The molecule has 12 nitrogen and oxygen atoms in total. The number of carbonyl (C=O) groups is 3. The zero-order valence-electron chi connectivity index (χ0n) is 15.9. The van der Waals surface area contributed by atoms with Gasteiger partial charge in [-0.15, -0.1) is 0 Å². The summed E-state index contributed by atoms with van der Waals surface area (Å²) in [6.07, 6.45) is 3.75. The van der Waals surface area contributed by atoms with Gasteiger partial charge in [-0.05, 0) is 18.9 Å². The molecule has 2 aromatic heterocycles. The number of halogens is 1. The van der Waals surface area contributed by atoms with Gasteiger partial charge in [-0.3, -0.25) is 19.5 Å². The number of rotatable bonds is 6. The lowest BCUT2D eigenvalue weighted by Crippen LogP contribution is -2.72. The number of hydrogen-bond acceptors (Lipinski definition) is 11. The number of nitrogens with two attached hydrogens (primary N) is 1. The summed E-state index contributed by atoms with van der Waals surface area (Å²) in [5, 5.41) is 24.8. The quantitative estimate of drug-likeness (QED) is 0.194. The number of nitrogens with zero attached hydrogens (tertiary/aromatic N) is 5. The Bertz CT molecular complexity index is 1180. The Hall–Kier alpha value is -3.23. The highest BCUT2D eigenvalue weighted by molar-refractivity contribution is 8.03. The Morgan fingerprint density at radius 3 is 2.84 bits per heavy atom. The van der Waals surface area contributed by atoms with Gasteiger partial charge in [-0.25, -0.2) is 4.79 Å². The normalized spacial score (nSPS) is 20.6. The zero-order chi connectivity index (χ0) is 23.0. The fourth-order valence-corrected chi connectivity index (χ4v) is 5.15. The molecule has 0 bridgehead atoms. The summed E-state index contributed by atoms with van der Waals surface area (Å²) in [7, 11) is 0. The molecular formula is C17H14ClN7O5S2. The SMILES string of the molecule is Nc1nc(/C(=N/O)C(=O)NC2C(=O)N3C(C(=O)O)=C(Sc4ccncc4Cl)CCC23)ns1. The molecule has 32 heavy (non-hydrogen) atoms. The first-order valence-electron chi connectivity index (χ1n) is 9.01. The van der Waals surface area contributed by atoms with Gasteiger partial charge in [0.05, 0.1) is 11.1 Å². The third-order valence-electron chi connectivity index (χ3n) is 4.82. The summed E-state index contributed by atoms with van der Waals surface area (Å²) in [6, 6.07) is 0.102. The maximum Gasteiger partial charge on any atom is 0.353 e. The molecule has 0 spiro atoms. The van der Waals surface area contributed by atoms with E-state index in [1.54, 1.807) is 6.07 Å². The van der Waals surface area contributed by atoms with Crippen molar-refractivity contribution in [2.24, 2.45) is 5.16 Å². The van der Waals surface area contributed by atoms with E-state index in [0.29, 0.717) is 27.7 Å². The smallest absolute Gasteiger partial charge is 0.353 e. The molecule has 2 atom stereocenters. The van der Waals surface area contributed by atoms with Crippen molar-refractivity contribution >= 4 is 63.5 Å². The fourth-order valence-electron chi connectivity index (χ4n) is 3.44. The molecule has 2 aromatic rings. The molecular weight excluding hydrogens is 482 g/mol. The molecule has 0 aliphatic carbocycles. The molecule has 15 heteroatoms. The number of nitrogen functional groups attached to an aromatic ring is 1. The van der Waals surface area contributed by atoms with Crippen molar-refractivity contribution in [2.45, 2.75) is 29.8 Å². The predicted molar refractivity (Wildman–Crippen MR) is 114 cm³/mol. The molecule has 2 unspecified atom stereocenters. The van der Waals surface area contributed by atoms with Crippen molar-refractivity contribution in [3.05, 3.63) is 39.9 Å². The van der Waals surface area contributed by atoms with E-state index in [2.05, 4.69) is 24.8 Å². The van der Waals surface area contributed by atoms with Gasteiger partial charge in [0.1, 0.15) is 11.7 Å². The first kappa shape index (κ1) is 22.0. The number of oxime groups is 1. The lowest BCUT2D eigenvalue weighted by Gasteiger charge is -2.50. The Balaban J connectivity index is 1.54. The van der Waals surface area contributed by atoms with E-state index in [4.69, 9.17) is 17.3 Å². The number of carboxylic acid groups (broad SMARTS) is 1. The first-order chi connectivity index (χ1) is 15.3. The van der Waals surface area contributed by atoms with Gasteiger partial charge in [0.25, 0.3) is 11.8 Å². The monoisotopic (exact) mass is 495 g/mol. The van der Waals surface area contributed by atoms with Crippen LogP contribution in [0.25, 0.3) is 0 Å². The van der Waals surface area contributed by atoms with Crippen molar-refractivity contribution in [3.8, 4) is 0 Å². The number of β-lactam (4-membered cyclic amide) rings is 1. The number of amides is 2. The van der Waals surface area contributed by atoms with Crippen LogP contribution >= 0.6 is 34.9 Å². The van der Waals surface area contributed by atoms with E-state index >= 15 is 0 Å². The molecule has 2 amide bonds. The van der Waals surface area contributed by atoms with Crippen LogP contribution in [0.4, 0.5) is 5.13 Å². The van der Waals surface area contributed by atoms with Crippen LogP contribution in [0.5, 0.6) is 0 Å². The number of anilines is 1. The number of fused-ring (bicyclic) bond motifs is 1. The fraction of sp³-hybridized carbons (Fsp3) is 0.235. The Labute approximate surface area is 193 Å². The van der Waals surface area contributed by atoms with Crippen LogP contribution in [0.1, 0.15) is 18.7 Å². The average Bonchev–Trinajstić information content (AvgIpc) is 3.19. The van der Waals surface area contributed by atoms with E-state index in [1.807, 2.05) is 0 Å². The largest absolute Gasteiger partial charge is 0.477 e. The summed E-state index contributed by atoms with van der Waals surface area (Å²) in [4.78, 5) is 47.2. The minimum Gasteiger partial charge on any atom is -0.477 e. The van der Waals surface area contributed by atoms with Crippen LogP contribution in [0, 0.1) is 0 Å². The van der Waals surface area contributed by atoms with Crippen LogP contribution in [-0.4, -0.2) is 65.1 Å². The summed E-state index contributed by atoms with van der Waals surface area (Å²) in [5.74, 6) is -2.92. The number of carboxylic acids is 1. The highest BCUT2D eigenvalue weighted by Gasteiger charge is 2.54. The summed E-state index contributed by atoms with van der Waals surface area (Å²) in [6.45, 7) is 0. The molecule has 166 valence electrons. The highest BCUT2D eigenvalue weighted by atomic mass is 35.5. The molecule has 0 radical (unpaired) electrons. The van der Waals surface area contributed by atoms with E-state index in [1.165, 1.54) is 12.4 Å². The third kappa shape index (κ3) is 3.87. The standard InChI is InChI=1S/C17H14ClN7O5S2/c18-6-5-20-4-3-8(6)31-9-2-1-7-10(15(27)25(7)12(9)16(28)29)21-14(26)11(23-30)13-22-17(19)32-24-13/h3-5,7,10,30H,1-2H2,(H,21,26)(H,28,29)(H2,19,22,24)/b23-11-. The van der Waals surface area contributed by atoms with Crippen LogP contribution in [0.2, 0.25) is 5.02 Å². The minimum atomic E-state index is -1.26. The second kappa shape index (κ2) is 8.72. The first-order valence-corrected chi connectivity index (χ1v) is 11.0. The van der Waals surface area contributed by atoms with Gasteiger partial charge < -0.3 is 21.4 Å². The number of nitrogens with one attached hydrogen (secondary N) is 1. The van der Waals surface area contributed by atoms with Crippen molar-refractivity contribution < 1.29 is 24.7 Å². The zero-order valence-corrected chi connectivity index (χ0v) is 18.3. The van der Waals surface area contributed by atoms with E-state index < -0.39 is 35.6 Å². The van der Waals surface area contributed by atoms with E-state index in [0.717, 1.165) is 28.2 Å². The number of allylic oxidation sites excluding steroid dienone is 1. The molecule has 0 aromatic carbocycles. The van der Waals surface area contributed by atoms with Crippen molar-refractivity contribution in [3.63, 3.8) is 0 Å². The topological polar surface area (TPSA) is 184 Å². The lowest BCUT2D eigenvalue weighted by molar-refractivity contribution is -0.155. The molecule has 2 aliphatic rings. The summed E-state index contributed by atoms with van der Waals surface area (Å²) < 4.78 is 3.81. The number of pyridine rings is 1. The van der Waals surface area contributed by atoms with Crippen LogP contribution in [0.3, 0.4) is 0 Å². The second-order valence-corrected chi connectivity index (χ2v) is 8.98. The molecule has 4 rings (SSSR count). The summed E-state index contributed by atoms with van der Waals surface area (Å²) in [5.41, 5.74) is 4.83. The average molecular weight is 496 g/mol.